The van der Waals surface area contributed by atoms with E-state index in [4.69, 9.17) is 9.47 Å². The number of fused-ring (bicyclic) bond motifs is 1. The second kappa shape index (κ2) is 6.66. The molecule has 0 radical (unpaired) electrons. The fourth-order valence-electron chi connectivity index (χ4n) is 3.20. The summed E-state index contributed by atoms with van der Waals surface area (Å²) in [6, 6.07) is 3.22. The summed E-state index contributed by atoms with van der Waals surface area (Å²) in [5.74, 6) is 1.12. The largest absolute Gasteiger partial charge is 0.483 e. The number of H-pyrrole nitrogens is 1. The maximum Gasteiger partial charge on any atom is 0.422 e. The predicted molar refractivity (Wildman–Crippen MR) is 94.8 cm³/mol. The molecule has 8 nitrogen and oxygen atoms in total. The zero-order valence-electron chi connectivity index (χ0n) is 15.3. The number of aromatic nitrogens is 5. The minimum atomic E-state index is -4.45. The van der Waals surface area contributed by atoms with Crippen LogP contribution in [0.2, 0.25) is 0 Å². The third kappa shape index (κ3) is 3.49. The lowest BCUT2D eigenvalue weighted by molar-refractivity contribution is -0.153. The number of nitrogens with one attached hydrogen (secondary N) is 1. The van der Waals surface area contributed by atoms with E-state index in [9.17, 15) is 13.2 Å². The van der Waals surface area contributed by atoms with Gasteiger partial charge in [-0.3, -0.25) is 5.10 Å². The molecular formula is C17H19F3N6O2. The Morgan fingerprint density at radius 2 is 2.18 bits per heavy atom. The van der Waals surface area contributed by atoms with Gasteiger partial charge in [0.2, 0.25) is 0 Å². The van der Waals surface area contributed by atoms with E-state index in [-0.39, 0.29) is 11.3 Å². The van der Waals surface area contributed by atoms with E-state index in [0.717, 1.165) is 0 Å². The third-order valence-electron chi connectivity index (χ3n) is 4.52. The molecule has 0 bridgehead atoms. The number of morpholine rings is 1. The molecule has 11 heteroatoms. The van der Waals surface area contributed by atoms with Crippen molar-refractivity contribution >= 4 is 16.9 Å². The van der Waals surface area contributed by atoms with Crippen molar-refractivity contribution in [1.82, 2.24) is 25.0 Å². The van der Waals surface area contributed by atoms with Crippen LogP contribution >= 0.6 is 0 Å². The molecule has 3 aromatic rings. The van der Waals surface area contributed by atoms with Gasteiger partial charge in [0.05, 0.1) is 36.5 Å². The number of alkyl halides is 3. The Labute approximate surface area is 158 Å². The lowest BCUT2D eigenvalue weighted by atomic mass is 10.0. The van der Waals surface area contributed by atoms with Crippen LogP contribution in [0.5, 0.6) is 5.75 Å². The molecule has 0 saturated carbocycles. The highest BCUT2D eigenvalue weighted by Crippen LogP contribution is 2.34. The van der Waals surface area contributed by atoms with Crippen molar-refractivity contribution in [3.8, 4) is 11.6 Å². The van der Waals surface area contributed by atoms with Crippen molar-refractivity contribution in [2.45, 2.75) is 25.6 Å². The number of ether oxygens (including phenoxy) is 2. The molecule has 150 valence electrons. The van der Waals surface area contributed by atoms with Gasteiger partial charge in [-0.2, -0.15) is 28.1 Å². The second-order valence-corrected chi connectivity index (χ2v) is 7.13. The Morgan fingerprint density at radius 1 is 1.36 bits per heavy atom. The van der Waals surface area contributed by atoms with Gasteiger partial charge < -0.3 is 14.4 Å². The Hall–Kier alpha value is -2.82. The number of hydrogen-bond acceptors (Lipinski definition) is 6. The van der Waals surface area contributed by atoms with Gasteiger partial charge in [0.15, 0.2) is 18.1 Å². The number of aromatic amines is 1. The van der Waals surface area contributed by atoms with Crippen LogP contribution in [0.25, 0.3) is 16.9 Å². The smallest absolute Gasteiger partial charge is 0.422 e. The first-order valence-corrected chi connectivity index (χ1v) is 8.68. The average Bonchev–Trinajstić information content (AvgIpc) is 3.27. The number of hydrogen-bond donors (Lipinski definition) is 1. The standard InChI is InChI=1S/C17H19F3N6O2/c1-16(2)9-27-6-5-25(16)14-7-12(28-10-17(18,19)20)11-8-22-26(15(11)23-14)13-3-4-21-24-13/h3-4,7-8H,5-6,9-10H2,1-2H3,(H,21,24). The molecule has 0 unspecified atom stereocenters. The molecule has 28 heavy (non-hydrogen) atoms. The van der Waals surface area contributed by atoms with E-state index in [1.807, 2.05) is 18.7 Å². The van der Waals surface area contributed by atoms with Crippen molar-refractivity contribution in [1.29, 1.82) is 0 Å². The van der Waals surface area contributed by atoms with Crippen molar-refractivity contribution < 1.29 is 22.6 Å². The fourth-order valence-corrected chi connectivity index (χ4v) is 3.20. The summed E-state index contributed by atoms with van der Waals surface area (Å²) in [7, 11) is 0. The third-order valence-corrected chi connectivity index (χ3v) is 4.52. The average molecular weight is 396 g/mol. The summed E-state index contributed by atoms with van der Waals surface area (Å²) in [5, 5.41) is 11.3. The molecule has 0 aromatic carbocycles. The van der Waals surface area contributed by atoms with Crippen LogP contribution in [-0.4, -0.2) is 63.0 Å². The Morgan fingerprint density at radius 3 is 2.86 bits per heavy atom. The van der Waals surface area contributed by atoms with Gasteiger partial charge in [-0.05, 0) is 13.8 Å². The van der Waals surface area contributed by atoms with Gasteiger partial charge in [0, 0.05) is 18.7 Å². The first kappa shape index (κ1) is 18.5. The Balaban J connectivity index is 1.84. The summed E-state index contributed by atoms with van der Waals surface area (Å²) < 4.78 is 50.4. The summed E-state index contributed by atoms with van der Waals surface area (Å²) in [6.45, 7) is 4.11. The highest BCUT2D eigenvalue weighted by atomic mass is 19.4. The van der Waals surface area contributed by atoms with Crippen molar-refractivity contribution in [3.05, 3.63) is 24.5 Å². The van der Waals surface area contributed by atoms with Gasteiger partial charge in [-0.15, -0.1) is 0 Å². The lowest BCUT2D eigenvalue weighted by Crippen LogP contribution is -2.53. The summed E-state index contributed by atoms with van der Waals surface area (Å²) >= 11 is 0. The molecule has 1 fully saturated rings. The van der Waals surface area contributed by atoms with Gasteiger partial charge in [-0.1, -0.05) is 0 Å². The molecule has 1 aliphatic heterocycles. The van der Waals surface area contributed by atoms with E-state index >= 15 is 0 Å². The van der Waals surface area contributed by atoms with Crippen LogP contribution in [0.1, 0.15) is 13.8 Å². The summed E-state index contributed by atoms with van der Waals surface area (Å²) in [6.07, 6.45) is -1.46. The lowest BCUT2D eigenvalue weighted by Gasteiger charge is -2.43. The molecule has 0 atom stereocenters. The SMILES string of the molecule is CC1(C)COCCN1c1cc(OCC(F)(F)F)c2cnn(-c3ccn[nH]3)c2n1. The first-order valence-electron chi connectivity index (χ1n) is 8.68. The molecule has 1 N–H and O–H groups in total. The van der Waals surface area contributed by atoms with Crippen LogP contribution in [0.4, 0.5) is 19.0 Å². The van der Waals surface area contributed by atoms with Gasteiger partial charge in [0.1, 0.15) is 11.6 Å². The van der Waals surface area contributed by atoms with Gasteiger partial charge in [-0.25, -0.2) is 4.98 Å². The normalized spacial score (nSPS) is 17.2. The van der Waals surface area contributed by atoms with E-state index in [1.54, 1.807) is 12.3 Å². The molecule has 1 saturated heterocycles. The Kier molecular flexibility index (Phi) is 4.41. The number of anilines is 1. The topological polar surface area (TPSA) is 81.1 Å². The van der Waals surface area contributed by atoms with Crippen molar-refractivity contribution in [3.63, 3.8) is 0 Å². The summed E-state index contributed by atoms with van der Waals surface area (Å²) in [4.78, 5) is 6.68. The molecule has 0 spiro atoms. The number of nitrogens with zero attached hydrogens (tertiary/aromatic N) is 5. The van der Waals surface area contributed by atoms with Crippen molar-refractivity contribution in [2.75, 3.05) is 31.3 Å². The van der Waals surface area contributed by atoms with E-state index in [2.05, 4.69) is 20.3 Å². The van der Waals surface area contributed by atoms with Gasteiger partial charge >= 0.3 is 6.18 Å². The number of rotatable bonds is 4. The van der Waals surface area contributed by atoms with E-state index < -0.39 is 12.8 Å². The van der Waals surface area contributed by atoms with Crippen LogP contribution in [0.15, 0.2) is 24.5 Å². The highest BCUT2D eigenvalue weighted by Gasteiger charge is 2.33. The van der Waals surface area contributed by atoms with Crippen molar-refractivity contribution in [2.24, 2.45) is 0 Å². The first-order chi connectivity index (χ1) is 13.2. The van der Waals surface area contributed by atoms with Gasteiger partial charge in [0.25, 0.3) is 0 Å². The maximum atomic E-state index is 12.7. The number of halogens is 3. The molecule has 4 heterocycles. The molecule has 1 aliphatic rings. The minimum Gasteiger partial charge on any atom is -0.483 e. The second-order valence-electron chi connectivity index (χ2n) is 7.13. The van der Waals surface area contributed by atoms with Crippen LogP contribution < -0.4 is 9.64 Å². The molecule has 0 amide bonds. The number of pyridine rings is 1. The van der Waals surface area contributed by atoms with Crippen LogP contribution in [0, 0.1) is 0 Å². The quantitative estimate of drug-likeness (QED) is 0.730. The molecule has 3 aromatic heterocycles. The fraction of sp³-hybridized carbons (Fsp3) is 0.471. The molecule has 0 aliphatic carbocycles. The Bertz CT molecular complexity index is 967. The van der Waals surface area contributed by atoms with E-state index in [1.165, 1.54) is 16.9 Å². The monoisotopic (exact) mass is 396 g/mol. The zero-order chi connectivity index (χ0) is 19.9. The zero-order valence-corrected chi connectivity index (χ0v) is 15.3. The summed E-state index contributed by atoms with van der Waals surface area (Å²) in [5.41, 5.74) is 0.000196. The predicted octanol–water partition coefficient (Wildman–Crippen LogP) is 2.70. The van der Waals surface area contributed by atoms with E-state index in [0.29, 0.717) is 42.4 Å². The maximum absolute atomic E-state index is 12.7. The highest BCUT2D eigenvalue weighted by molar-refractivity contribution is 5.85. The molecular weight excluding hydrogens is 377 g/mol. The molecule has 4 rings (SSSR count). The van der Waals surface area contributed by atoms with Crippen LogP contribution in [-0.2, 0) is 4.74 Å². The van der Waals surface area contributed by atoms with Crippen LogP contribution in [0.3, 0.4) is 0 Å². The minimum absolute atomic E-state index is 0.0744.